The molecular weight excluding hydrogens is 248 g/mol. The Kier molecular flexibility index (Phi) is 3.61. The molecule has 102 valence electrons. The van der Waals surface area contributed by atoms with Gasteiger partial charge in [0.15, 0.2) is 24.5 Å². The van der Waals surface area contributed by atoms with Crippen LogP contribution in [0.25, 0.3) is 0 Å². The van der Waals surface area contributed by atoms with E-state index in [1.807, 2.05) is 30.3 Å². The molecule has 4 atom stereocenters. The second kappa shape index (κ2) is 5.38. The number of methoxy groups -OCH3 is 1. The second-order valence-corrected chi connectivity index (χ2v) is 4.63. The van der Waals surface area contributed by atoms with Crippen LogP contribution >= 0.6 is 0 Å². The molecule has 0 saturated carbocycles. The van der Waals surface area contributed by atoms with Crippen LogP contribution in [-0.2, 0) is 23.7 Å². The van der Waals surface area contributed by atoms with Crippen LogP contribution < -0.4 is 0 Å². The highest BCUT2D eigenvalue weighted by Gasteiger charge is 2.44. The maximum atomic E-state index is 12.0. The number of hydrogen-bond donors (Lipinski definition) is 0. The number of hydrogen-bond acceptors (Lipinski definition) is 5. The molecular formula is C14H16O5. The molecule has 3 rings (SSSR count). The topological polar surface area (TPSA) is 54.0 Å². The lowest BCUT2D eigenvalue weighted by Gasteiger charge is -2.40. The maximum Gasteiger partial charge on any atom is 0.194 e. The summed E-state index contributed by atoms with van der Waals surface area (Å²) in [6.07, 6.45) is -1.89. The first-order chi connectivity index (χ1) is 9.28. The van der Waals surface area contributed by atoms with Crippen molar-refractivity contribution in [1.82, 2.24) is 0 Å². The van der Waals surface area contributed by atoms with Gasteiger partial charge in [-0.25, -0.2) is 0 Å². The Morgan fingerprint density at radius 1 is 1.21 bits per heavy atom. The smallest absolute Gasteiger partial charge is 0.194 e. The Morgan fingerprint density at radius 2 is 2.00 bits per heavy atom. The molecule has 0 aromatic heterocycles. The largest absolute Gasteiger partial charge is 0.355 e. The van der Waals surface area contributed by atoms with Gasteiger partial charge in [0, 0.05) is 7.11 Å². The van der Waals surface area contributed by atoms with E-state index in [1.54, 1.807) is 0 Å². The molecule has 2 saturated heterocycles. The van der Waals surface area contributed by atoms with Gasteiger partial charge in [-0.2, -0.15) is 0 Å². The molecule has 2 heterocycles. The summed E-state index contributed by atoms with van der Waals surface area (Å²) in [6, 6.07) is 9.73. The van der Waals surface area contributed by atoms with Gasteiger partial charge in [0.1, 0.15) is 6.10 Å². The molecule has 0 N–H and O–H groups in total. The number of benzene rings is 1. The van der Waals surface area contributed by atoms with Crippen LogP contribution in [-0.4, -0.2) is 38.2 Å². The Morgan fingerprint density at radius 3 is 2.74 bits per heavy atom. The summed E-state index contributed by atoms with van der Waals surface area (Å²) >= 11 is 0. The van der Waals surface area contributed by atoms with E-state index in [1.165, 1.54) is 7.11 Å². The fourth-order valence-corrected chi connectivity index (χ4v) is 2.35. The van der Waals surface area contributed by atoms with Gasteiger partial charge in [0.05, 0.1) is 13.0 Å². The fraction of sp³-hybridized carbons (Fsp3) is 0.500. The number of carbonyl (C=O) groups is 1. The SMILES string of the molecule is CO[C@@H]1CC(=O)[C@@H]2O[C@H](c3ccccc3)CO[C@H]2O1. The number of fused-ring (bicyclic) bond motifs is 1. The minimum Gasteiger partial charge on any atom is -0.355 e. The Labute approximate surface area is 111 Å². The predicted octanol–water partition coefficient (Wildman–Crippen LogP) is 1.43. The van der Waals surface area contributed by atoms with Crippen molar-refractivity contribution < 1.29 is 23.7 Å². The van der Waals surface area contributed by atoms with E-state index >= 15 is 0 Å². The molecule has 2 aliphatic rings. The van der Waals surface area contributed by atoms with Crippen molar-refractivity contribution in [3.63, 3.8) is 0 Å². The van der Waals surface area contributed by atoms with Crippen LogP contribution in [0.3, 0.4) is 0 Å². The normalized spacial score (nSPS) is 34.9. The van der Waals surface area contributed by atoms with Crippen molar-refractivity contribution in [2.45, 2.75) is 31.2 Å². The maximum absolute atomic E-state index is 12.0. The third-order valence-electron chi connectivity index (χ3n) is 3.38. The minimum atomic E-state index is -0.662. The van der Waals surface area contributed by atoms with Crippen molar-refractivity contribution in [3.05, 3.63) is 35.9 Å². The van der Waals surface area contributed by atoms with Gasteiger partial charge in [-0.15, -0.1) is 0 Å². The van der Waals surface area contributed by atoms with Crippen molar-refractivity contribution in [3.8, 4) is 0 Å². The van der Waals surface area contributed by atoms with E-state index in [-0.39, 0.29) is 18.3 Å². The highest BCUT2D eigenvalue weighted by Crippen LogP contribution is 2.31. The monoisotopic (exact) mass is 264 g/mol. The fourth-order valence-electron chi connectivity index (χ4n) is 2.35. The lowest BCUT2D eigenvalue weighted by Crippen LogP contribution is -2.52. The molecule has 0 radical (unpaired) electrons. The summed E-state index contributed by atoms with van der Waals surface area (Å²) < 4.78 is 22.0. The van der Waals surface area contributed by atoms with E-state index in [4.69, 9.17) is 18.9 Å². The van der Waals surface area contributed by atoms with E-state index in [0.29, 0.717) is 6.61 Å². The summed E-state index contributed by atoms with van der Waals surface area (Å²) in [5.41, 5.74) is 1.00. The van der Waals surface area contributed by atoms with Crippen LogP contribution in [0.4, 0.5) is 0 Å². The zero-order valence-electron chi connectivity index (χ0n) is 10.7. The number of carbonyl (C=O) groups excluding carboxylic acids is 1. The molecule has 0 unspecified atom stereocenters. The number of ether oxygens (including phenoxy) is 4. The molecule has 1 aromatic rings. The summed E-state index contributed by atoms with van der Waals surface area (Å²) in [7, 11) is 1.51. The highest BCUT2D eigenvalue weighted by molar-refractivity contribution is 5.84. The lowest BCUT2D eigenvalue weighted by molar-refractivity contribution is -0.321. The zero-order chi connectivity index (χ0) is 13.2. The summed E-state index contributed by atoms with van der Waals surface area (Å²) in [4.78, 5) is 12.0. The van der Waals surface area contributed by atoms with Crippen molar-refractivity contribution in [1.29, 1.82) is 0 Å². The van der Waals surface area contributed by atoms with Gasteiger partial charge in [0.2, 0.25) is 0 Å². The Bertz CT molecular complexity index is 446. The van der Waals surface area contributed by atoms with Crippen LogP contribution in [0.2, 0.25) is 0 Å². The van der Waals surface area contributed by atoms with Gasteiger partial charge in [-0.05, 0) is 5.56 Å². The van der Waals surface area contributed by atoms with Crippen LogP contribution in [0.5, 0.6) is 0 Å². The van der Waals surface area contributed by atoms with E-state index < -0.39 is 18.7 Å². The molecule has 0 bridgehead atoms. The van der Waals surface area contributed by atoms with Gasteiger partial charge in [0.25, 0.3) is 0 Å². The van der Waals surface area contributed by atoms with E-state index in [9.17, 15) is 4.79 Å². The van der Waals surface area contributed by atoms with Gasteiger partial charge in [-0.1, -0.05) is 30.3 Å². The summed E-state index contributed by atoms with van der Waals surface area (Å²) in [6.45, 7) is 0.370. The van der Waals surface area contributed by atoms with E-state index in [0.717, 1.165) is 5.56 Å². The third-order valence-corrected chi connectivity index (χ3v) is 3.38. The predicted molar refractivity (Wildman–Crippen MR) is 65.3 cm³/mol. The number of ketones is 1. The average Bonchev–Trinajstić information content (AvgIpc) is 2.47. The van der Waals surface area contributed by atoms with Crippen LogP contribution in [0, 0.1) is 0 Å². The standard InChI is InChI=1S/C14H16O5/c1-16-12-7-10(15)13-14(19-12)17-8-11(18-13)9-5-3-2-4-6-9/h2-6,11-14H,7-8H2,1H3/t11-,12-,13-,14-/m0/s1. The van der Waals surface area contributed by atoms with Crippen molar-refractivity contribution in [2.24, 2.45) is 0 Å². The molecule has 0 aliphatic carbocycles. The van der Waals surface area contributed by atoms with Gasteiger partial charge >= 0.3 is 0 Å². The Balaban J connectivity index is 1.72. The molecule has 2 aliphatic heterocycles. The molecule has 19 heavy (non-hydrogen) atoms. The molecule has 0 spiro atoms. The first kappa shape index (κ1) is 12.7. The number of Topliss-reactive ketones (excluding diaryl/α,β-unsaturated/α-hetero) is 1. The quantitative estimate of drug-likeness (QED) is 0.809. The van der Waals surface area contributed by atoms with Crippen LogP contribution in [0.15, 0.2) is 30.3 Å². The second-order valence-electron chi connectivity index (χ2n) is 4.63. The minimum absolute atomic E-state index is 0.0382. The highest BCUT2D eigenvalue weighted by atomic mass is 16.8. The number of rotatable bonds is 2. The third kappa shape index (κ3) is 2.55. The summed E-state index contributed by atoms with van der Waals surface area (Å²) in [5, 5.41) is 0. The average molecular weight is 264 g/mol. The zero-order valence-corrected chi connectivity index (χ0v) is 10.7. The Hall–Kier alpha value is -1.27. The van der Waals surface area contributed by atoms with Gasteiger partial charge < -0.3 is 18.9 Å². The lowest BCUT2D eigenvalue weighted by atomic mass is 10.0. The van der Waals surface area contributed by atoms with E-state index in [2.05, 4.69) is 0 Å². The van der Waals surface area contributed by atoms with Crippen LogP contribution in [0.1, 0.15) is 18.1 Å². The molecule has 5 heteroatoms. The van der Waals surface area contributed by atoms with Gasteiger partial charge in [-0.3, -0.25) is 4.79 Å². The molecule has 0 amide bonds. The summed E-state index contributed by atoms with van der Waals surface area (Å²) in [5.74, 6) is -0.0382. The molecule has 2 fully saturated rings. The van der Waals surface area contributed by atoms with Crippen molar-refractivity contribution >= 4 is 5.78 Å². The first-order valence-corrected chi connectivity index (χ1v) is 6.31. The molecule has 5 nitrogen and oxygen atoms in total. The van der Waals surface area contributed by atoms with Crippen molar-refractivity contribution in [2.75, 3.05) is 13.7 Å². The molecule has 1 aromatic carbocycles. The first-order valence-electron chi connectivity index (χ1n) is 6.31.